The van der Waals surface area contributed by atoms with Crippen LogP contribution in [0, 0.1) is 0 Å². The number of hydrogen-bond donors (Lipinski definition) is 0. The Morgan fingerprint density at radius 2 is 1.09 bits per heavy atom. The minimum absolute atomic E-state index is 0.131. The molecule has 0 N–H and O–H groups in total. The Morgan fingerprint density at radius 1 is 0.566 bits per heavy atom. The van der Waals surface area contributed by atoms with Gasteiger partial charge in [0.1, 0.15) is 0 Å². The molecule has 0 bridgehead atoms. The summed E-state index contributed by atoms with van der Waals surface area (Å²) in [6, 6.07) is 45.5. The first kappa shape index (κ1) is 33.0. The van der Waals surface area contributed by atoms with E-state index >= 15 is 0 Å². The third-order valence-corrected chi connectivity index (χ3v) is 12.0. The fourth-order valence-electron chi connectivity index (χ4n) is 8.62. The van der Waals surface area contributed by atoms with E-state index < -0.39 is 0 Å². The van der Waals surface area contributed by atoms with Crippen molar-refractivity contribution in [3.05, 3.63) is 187 Å². The van der Waals surface area contributed by atoms with E-state index in [1.807, 2.05) is 12.2 Å². The minimum atomic E-state index is -0.131. The van der Waals surface area contributed by atoms with Crippen molar-refractivity contribution in [3.8, 4) is 11.1 Å². The first-order valence-corrected chi connectivity index (χ1v) is 18.9. The maximum atomic E-state index is 4.13. The third kappa shape index (κ3) is 5.21. The molecule has 9 rings (SSSR count). The van der Waals surface area contributed by atoms with Gasteiger partial charge in [-0.15, -0.1) is 13.2 Å². The van der Waals surface area contributed by atoms with Gasteiger partial charge in [-0.05, 0) is 103 Å². The lowest BCUT2D eigenvalue weighted by molar-refractivity contribution is 0.672. The van der Waals surface area contributed by atoms with E-state index in [2.05, 4.69) is 185 Å². The Balaban J connectivity index is 1.34. The fourth-order valence-corrected chi connectivity index (χ4v) is 8.62. The van der Waals surface area contributed by atoms with Crippen molar-refractivity contribution in [2.24, 2.45) is 0 Å². The molecule has 2 aliphatic rings. The Labute approximate surface area is 313 Å². The zero-order valence-electron chi connectivity index (χ0n) is 31.2. The smallest absolute Gasteiger partial charge is 0.0618 e. The molecule has 0 aliphatic heterocycles. The number of allylic oxidation sites excluding steroid dienone is 5. The molecule has 0 fully saturated rings. The largest absolute Gasteiger partial charge is 0.309 e. The molecule has 7 aromatic rings. The molecule has 0 radical (unpaired) electrons. The second-order valence-corrected chi connectivity index (χ2v) is 15.9. The maximum Gasteiger partial charge on any atom is 0.0618 e. The van der Waals surface area contributed by atoms with Gasteiger partial charge in [0.2, 0.25) is 0 Å². The average Bonchev–Trinajstić information content (AvgIpc) is 3.20. The second kappa shape index (κ2) is 12.3. The summed E-state index contributed by atoms with van der Waals surface area (Å²) < 4.78 is 0. The topological polar surface area (TPSA) is 3.24 Å². The van der Waals surface area contributed by atoms with Gasteiger partial charge in [-0.1, -0.05) is 155 Å². The van der Waals surface area contributed by atoms with Gasteiger partial charge < -0.3 is 4.90 Å². The summed E-state index contributed by atoms with van der Waals surface area (Å²) in [5, 5.41) is 7.72. The Kier molecular flexibility index (Phi) is 7.68. The number of benzene rings is 7. The molecule has 0 unspecified atom stereocenters. The molecule has 7 aromatic carbocycles. The number of hydrogen-bond acceptors (Lipinski definition) is 1. The van der Waals surface area contributed by atoms with Gasteiger partial charge in [-0.3, -0.25) is 0 Å². The van der Waals surface area contributed by atoms with Gasteiger partial charge in [-0.2, -0.15) is 0 Å². The van der Waals surface area contributed by atoms with Gasteiger partial charge in [0.25, 0.3) is 0 Å². The fraction of sp³-hybridized carbons (Fsp3) is 0.154. The minimum Gasteiger partial charge on any atom is -0.309 e. The van der Waals surface area contributed by atoms with Crippen LogP contribution in [0.2, 0.25) is 0 Å². The highest BCUT2D eigenvalue weighted by molar-refractivity contribution is 6.23. The van der Waals surface area contributed by atoms with Crippen LogP contribution in [-0.4, -0.2) is 0 Å². The van der Waals surface area contributed by atoms with Gasteiger partial charge in [0.15, 0.2) is 0 Å². The lowest BCUT2D eigenvalue weighted by Gasteiger charge is -2.31. The van der Waals surface area contributed by atoms with Crippen LogP contribution in [-0.2, 0) is 17.3 Å². The standard InChI is InChI=1S/C52H45N/c1-7-51(3,4)37-24-28-39(29-25-37)53(40-30-26-38(27-31-40)52(5,6)8-2)50-45-18-11-9-16-41(45)49(42-17-10-12-19-46(42)50)44-33-23-36-21-20-34-14-13-15-35-22-32-43(44)48(36)47(34)35/h7-14,16-31,33H,1-2,15,32H2,3-6H3. The van der Waals surface area contributed by atoms with E-state index in [4.69, 9.17) is 0 Å². The average molecular weight is 684 g/mol. The van der Waals surface area contributed by atoms with Crippen LogP contribution in [0.4, 0.5) is 17.1 Å². The van der Waals surface area contributed by atoms with Crippen molar-refractivity contribution in [2.75, 3.05) is 4.90 Å². The van der Waals surface area contributed by atoms with Crippen LogP contribution >= 0.6 is 0 Å². The Morgan fingerprint density at radius 3 is 1.64 bits per heavy atom. The number of anilines is 3. The van der Waals surface area contributed by atoms with Crippen molar-refractivity contribution in [1.29, 1.82) is 0 Å². The predicted molar refractivity (Wildman–Crippen MR) is 231 cm³/mol. The van der Waals surface area contributed by atoms with Crippen LogP contribution in [0.5, 0.6) is 0 Å². The van der Waals surface area contributed by atoms with E-state index in [1.54, 1.807) is 0 Å². The van der Waals surface area contributed by atoms with Crippen molar-refractivity contribution in [3.63, 3.8) is 0 Å². The predicted octanol–water partition coefficient (Wildman–Crippen LogP) is 14.6. The second-order valence-electron chi connectivity index (χ2n) is 15.9. The van der Waals surface area contributed by atoms with E-state index in [1.165, 1.54) is 82.5 Å². The Bertz CT molecular complexity index is 2560. The molecular weight excluding hydrogens is 639 g/mol. The van der Waals surface area contributed by atoms with Crippen LogP contribution in [0.1, 0.15) is 61.9 Å². The molecule has 258 valence electrons. The van der Waals surface area contributed by atoms with E-state index in [9.17, 15) is 0 Å². The number of rotatable bonds is 8. The normalized spacial score (nSPS) is 13.7. The summed E-state index contributed by atoms with van der Waals surface area (Å²) >= 11 is 0. The van der Waals surface area contributed by atoms with Crippen LogP contribution in [0.15, 0.2) is 159 Å². The van der Waals surface area contributed by atoms with E-state index in [0.717, 1.165) is 24.2 Å². The van der Waals surface area contributed by atoms with Crippen LogP contribution in [0.3, 0.4) is 0 Å². The first-order valence-electron chi connectivity index (χ1n) is 18.9. The summed E-state index contributed by atoms with van der Waals surface area (Å²) in [6.07, 6.45) is 13.1. The molecule has 0 heterocycles. The number of nitrogens with zero attached hydrogens (tertiary/aromatic N) is 1. The number of fused-ring (bicyclic) bond motifs is 2. The molecule has 0 atom stereocenters. The van der Waals surface area contributed by atoms with E-state index in [-0.39, 0.29) is 10.8 Å². The highest BCUT2D eigenvalue weighted by atomic mass is 15.1. The molecule has 0 saturated carbocycles. The molecular formula is C52H45N. The van der Waals surface area contributed by atoms with Gasteiger partial charge in [0.05, 0.1) is 5.69 Å². The zero-order chi connectivity index (χ0) is 36.5. The van der Waals surface area contributed by atoms with Gasteiger partial charge >= 0.3 is 0 Å². The monoisotopic (exact) mass is 683 g/mol. The summed E-state index contributed by atoms with van der Waals surface area (Å²) in [4.78, 5) is 2.46. The van der Waals surface area contributed by atoms with Crippen LogP contribution in [0.25, 0.3) is 55.1 Å². The molecule has 1 heteroatoms. The summed E-state index contributed by atoms with van der Waals surface area (Å²) in [5.74, 6) is 0. The Hall–Kier alpha value is -5.92. The molecule has 0 spiro atoms. The SMILES string of the molecule is C=CC(C)(C)c1ccc(N(c2ccc(C(C)(C)C=C)cc2)c2c3ccccc3c(-c3ccc4ccc5c6c4c3CC=C6CC=C5)c3ccccc23)cc1. The van der Waals surface area contributed by atoms with Gasteiger partial charge in [-0.25, -0.2) is 0 Å². The van der Waals surface area contributed by atoms with Crippen molar-refractivity contribution < 1.29 is 0 Å². The lowest BCUT2D eigenvalue weighted by atomic mass is 9.78. The van der Waals surface area contributed by atoms with Crippen molar-refractivity contribution >= 4 is 61.0 Å². The van der Waals surface area contributed by atoms with E-state index in [0.29, 0.717) is 0 Å². The molecule has 1 nitrogen and oxygen atoms in total. The molecule has 0 aromatic heterocycles. The molecule has 2 aliphatic carbocycles. The molecule has 53 heavy (non-hydrogen) atoms. The lowest BCUT2D eigenvalue weighted by Crippen LogP contribution is -2.16. The van der Waals surface area contributed by atoms with Crippen molar-refractivity contribution in [2.45, 2.75) is 51.4 Å². The molecule has 0 amide bonds. The quantitative estimate of drug-likeness (QED) is 0.114. The molecule has 0 saturated heterocycles. The highest BCUT2D eigenvalue weighted by Gasteiger charge is 2.27. The summed E-state index contributed by atoms with van der Waals surface area (Å²) in [5.41, 5.74) is 13.9. The zero-order valence-corrected chi connectivity index (χ0v) is 31.2. The highest BCUT2D eigenvalue weighted by Crippen LogP contribution is 2.51. The summed E-state index contributed by atoms with van der Waals surface area (Å²) in [7, 11) is 0. The van der Waals surface area contributed by atoms with Gasteiger partial charge in [0, 0.05) is 33.0 Å². The van der Waals surface area contributed by atoms with Crippen molar-refractivity contribution in [1.82, 2.24) is 0 Å². The maximum absolute atomic E-state index is 4.13. The summed E-state index contributed by atoms with van der Waals surface area (Å²) in [6.45, 7) is 17.1. The first-order chi connectivity index (χ1) is 25.7. The third-order valence-electron chi connectivity index (χ3n) is 12.0. The van der Waals surface area contributed by atoms with Crippen LogP contribution < -0.4 is 4.90 Å².